The molecule has 1 fully saturated rings. The summed E-state index contributed by atoms with van der Waals surface area (Å²) in [6.07, 6.45) is 2.34. The second kappa shape index (κ2) is 9.26. The van der Waals surface area contributed by atoms with Gasteiger partial charge in [0.1, 0.15) is 0 Å². The van der Waals surface area contributed by atoms with Crippen molar-refractivity contribution in [2.45, 2.75) is 45.3 Å². The number of hydrogen-bond donors (Lipinski definition) is 1. The molecule has 1 aliphatic heterocycles. The molecule has 1 amide bonds. The zero-order chi connectivity index (χ0) is 16.7. The Bertz CT molecular complexity index is 490. The van der Waals surface area contributed by atoms with Crippen LogP contribution in [-0.2, 0) is 16.0 Å². The first-order valence-corrected chi connectivity index (χ1v) is 8.79. The molecule has 1 aliphatic rings. The number of rotatable bonds is 7. The number of ether oxygens (including phenoxy) is 1. The molecular formula is C18H27ClN2O2. The molecule has 1 atom stereocenters. The molecule has 0 aromatic heterocycles. The van der Waals surface area contributed by atoms with E-state index in [1.807, 2.05) is 24.3 Å². The van der Waals surface area contributed by atoms with Crippen LogP contribution in [0.5, 0.6) is 0 Å². The fourth-order valence-electron chi connectivity index (χ4n) is 2.79. The molecular weight excluding hydrogens is 312 g/mol. The molecule has 1 saturated heterocycles. The molecule has 1 heterocycles. The summed E-state index contributed by atoms with van der Waals surface area (Å²) in [6, 6.07) is 8.36. The molecule has 5 heteroatoms. The Morgan fingerprint density at radius 3 is 2.83 bits per heavy atom. The maximum absolute atomic E-state index is 12.0. The van der Waals surface area contributed by atoms with Crippen LogP contribution in [0, 0.1) is 0 Å². The van der Waals surface area contributed by atoms with Crippen molar-refractivity contribution in [1.82, 2.24) is 10.2 Å². The molecule has 4 nitrogen and oxygen atoms in total. The lowest BCUT2D eigenvalue weighted by Crippen LogP contribution is -2.47. The van der Waals surface area contributed by atoms with Gasteiger partial charge in [-0.25, -0.2) is 0 Å². The van der Waals surface area contributed by atoms with Crippen molar-refractivity contribution in [3.63, 3.8) is 0 Å². The Morgan fingerprint density at radius 1 is 1.39 bits per heavy atom. The Kier molecular flexibility index (Phi) is 7.34. The van der Waals surface area contributed by atoms with Crippen molar-refractivity contribution in [3.8, 4) is 0 Å². The molecule has 1 aromatic rings. The number of carbonyl (C=O) groups excluding carboxylic acids is 1. The second-order valence-electron chi connectivity index (χ2n) is 6.37. The zero-order valence-corrected chi connectivity index (χ0v) is 14.8. The minimum Gasteiger partial charge on any atom is -0.375 e. The number of carbonyl (C=O) groups is 1. The predicted molar refractivity (Wildman–Crippen MR) is 93.8 cm³/mol. The summed E-state index contributed by atoms with van der Waals surface area (Å²) in [4.78, 5) is 14.4. The molecule has 1 unspecified atom stereocenters. The molecule has 0 bridgehead atoms. The van der Waals surface area contributed by atoms with Gasteiger partial charge in [-0.2, -0.15) is 0 Å². The smallest absolute Gasteiger partial charge is 0.222 e. The third-order valence-corrected chi connectivity index (χ3v) is 4.44. The largest absolute Gasteiger partial charge is 0.375 e. The fraction of sp³-hybridized carbons (Fsp3) is 0.611. The lowest BCUT2D eigenvalue weighted by atomic mass is 10.1. The number of benzene rings is 1. The number of nitrogens with one attached hydrogen (secondary N) is 1. The summed E-state index contributed by atoms with van der Waals surface area (Å²) < 4.78 is 5.70. The summed E-state index contributed by atoms with van der Waals surface area (Å²) in [7, 11) is 0. The first kappa shape index (κ1) is 18.2. The Morgan fingerprint density at radius 2 is 2.13 bits per heavy atom. The van der Waals surface area contributed by atoms with Gasteiger partial charge in [-0.3, -0.25) is 9.69 Å². The molecule has 2 rings (SSSR count). The number of amides is 1. The quantitative estimate of drug-likeness (QED) is 0.777. The van der Waals surface area contributed by atoms with Gasteiger partial charge in [0.05, 0.1) is 19.1 Å². The Hall–Kier alpha value is -1.10. The van der Waals surface area contributed by atoms with E-state index in [1.165, 1.54) is 5.56 Å². The number of hydrogen-bond acceptors (Lipinski definition) is 3. The highest BCUT2D eigenvalue weighted by Crippen LogP contribution is 2.12. The van der Waals surface area contributed by atoms with Crippen molar-refractivity contribution in [3.05, 3.63) is 34.9 Å². The van der Waals surface area contributed by atoms with E-state index < -0.39 is 0 Å². The van der Waals surface area contributed by atoms with Crippen LogP contribution in [0.15, 0.2) is 24.3 Å². The van der Waals surface area contributed by atoms with Gasteiger partial charge >= 0.3 is 0 Å². The SMILES string of the molecule is CC(C)N1CCOC(CC(=O)NCCCc2ccc(Cl)cc2)C1. The predicted octanol–water partition coefficient (Wildman–Crippen LogP) is 2.89. The van der Waals surface area contributed by atoms with E-state index in [1.54, 1.807) is 0 Å². The maximum Gasteiger partial charge on any atom is 0.222 e. The summed E-state index contributed by atoms with van der Waals surface area (Å²) in [5, 5.41) is 3.75. The number of nitrogens with zero attached hydrogens (tertiary/aromatic N) is 1. The highest BCUT2D eigenvalue weighted by atomic mass is 35.5. The van der Waals surface area contributed by atoms with E-state index in [2.05, 4.69) is 24.1 Å². The van der Waals surface area contributed by atoms with Crippen molar-refractivity contribution >= 4 is 17.5 Å². The van der Waals surface area contributed by atoms with Crippen LogP contribution in [0.4, 0.5) is 0 Å². The van der Waals surface area contributed by atoms with Crippen LogP contribution in [-0.4, -0.2) is 49.2 Å². The minimum absolute atomic E-state index is 0.0161. The lowest BCUT2D eigenvalue weighted by Gasteiger charge is -2.35. The lowest BCUT2D eigenvalue weighted by molar-refractivity contribution is -0.126. The average molecular weight is 339 g/mol. The number of aryl methyl sites for hydroxylation is 1. The van der Waals surface area contributed by atoms with E-state index in [4.69, 9.17) is 16.3 Å². The van der Waals surface area contributed by atoms with Gasteiger partial charge in [-0.15, -0.1) is 0 Å². The topological polar surface area (TPSA) is 41.6 Å². The summed E-state index contributed by atoms with van der Waals surface area (Å²) in [5.74, 6) is 0.0803. The standard InChI is InChI=1S/C18H27ClN2O2/c1-14(2)21-10-11-23-17(13-21)12-18(22)20-9-3-4-15-5-7-16(19)8-6-15/h5-8,14,17H,3-4,9-13H2,1-2H3,(H,20,22). The van der Waals surface area contributed by atoms with Gasteiger partial charge in [-0.1, -0.05) is 23.7 Å². The second-order valence-corrected chi connectivity index (χ2v) is 6.80. The maximum atomic E-state index is 12.0. The molecule has 0 saturated carbocycles. The van der Waals surface area contributed by atoms with Crippen molar-refractivity contribution in [2.24, 2.45) is 0 Å². The summed E-state index contributed by atoms with van der Waals surface area (Å²) >= 11 is 5.86. The molecule has 23 heavy (non-hydrogen) atoms. The molecule has 1 N–H and O–H groups in total. The van der Waals surface area contributed by atoms with Gasteiger partial charge in [-0.05, 0) is 44.4 Å². The van der Waals surface area contributed by atoms with Gasteiger partial charge in [0, 0.05) is 30.7 Å². The van der Waals surface area contributed by atoms with Crippen molar-refractivity contribution in [1.29, 1.82) is 0 Å². The Balaban J connectivity index is 1.62. The molecule has 0 spiro atoms. The van der Waals surface area contributed by atoms with Gasteiger partial charge in [0.2, 0.25) is 5.91 Å². The third-order valence-electron chi connectivity index (χ3n) is 4.19. The van der Waals surface area contributed by atoms with Crippen LogP contribution >= 0.6 is 11.6 Å². The summed E-state index contributed by atoms with van der Waals surface area (Å²) in [5.41, 5.74) is 1.24. The molecule has 1 aromatic carbocycles. The van der Waals surface area contributed by atoms with Gasteiger partial charge in [0.25, 0.3) is 0 Å². The average Bonchev–Trinajstić information content (AvgIpc) is 2.53. The highest BCUT2D eigenvalue weighted by Gasteiger charge is 2.24. The normalized spacial score (nSPS) is 19.0. The Labute approximate surface area is 144 Å². The first-order valence-electron chi connectivity index (χ1n) is 8.41. The van der Waals surface area contributed by atoms with Crippen molar-refractivity contribution in [2.75, 3.05) is 26.2 Å². The van der Waals surface area contributed by atoms with Crippen LogP contribution in [0.2, 0.25) is 5.02 Å². The monoisotopic (exact) mass is 338 g/mol. The molecule has 0 aliphatic carbocycles. The fourth-order valence-corrected chi connectivity index (χ4v) is 2.91. The van der Waals surface area contributed by atoms with Crippen LogP contribution in [0.1, 0.15) is 32.3 Å². The highest BCUT2D eigenvalue weighted by molar-refractivity contribution is 6.30. The number of halogens is 1. The van der Waals surface area contributed by atoms with Gasteiger partial charge in [0.15, 0.2) is 0 Å². The van der Waals surface area contributed by atoms with Crippen LogP contribution in [0.3, 0.4) is 0 Å². The van der Waals surface area contributed by atoms with Crippen molar-refractivity contribution < 1.29 is 9.53 Å². The van der Waals surface area contributed by atoms with E-state index in [9.17, 15) is 4.79 Å². The van der Waals surface area contributed by atoms with E-state index in [0.29, 0.717) is 25.6 Å². The third kappa shape index (κ3) is 6.50. The van der Waals surface area contributed by atoms with E-state index in [0.717, 1.165) is 31.0 Å². The van der Waals surface area contributed by atoms with E-state index in [-0.39, 0.29) is 12.0 Å². The minimum atomic E-state index is 0.0161. The van der Waals surface area contributed by atoms with E-state index >= 15 is 0 Å². The molecule has 128 valence electrons. The van der Waals surface area contributed by atoms with Crippen LogP contribution < -0.4 is 5.32 Å². The molecule has 0 radical (unpaired) electrons. The zero-order valence-electron chi connectivity index (χ0n) is 14.1. The summed E-state index contributed by atoms with van der Waals surface area (Å²) in [6.45, 7) is 7.57. The van der Waals surface area contributed by atoms with Gasteiger partial charge < -0.3 is 10.1 Å². The van der Waals surface area contributed by atoms with Crippen LogP contribution in [0.25, 0.3) is 0 Å². The number of morpholine rings is 1. The first-order chi connectivity index (χ1) is 11.0.